The van der Waals surface area contributed by atoms with Crippen molar-refractivity contribution in [2.24, 2.45) is 0 Å². The number of aryl methyl sites for hydroxylation is 2. The van der Waals surface area contributed by atoms with Crippen molar-refractivity contribution in [3.8, 4) is 0 Å². The van der Waals surface area contributed by atoms with Crippen molar-refractivity contribution in [2.45, 2.75) is 39.2 Å². The molecule has 5 nitrogen and oxygen atoms in total. The Hall–Kier alpha value is -1.49. The van der Waals surface area contributed by atoms with Gasteiger partial charge in [0.1, 0.15) is 0 Å². The highest BCUT2D eigenvalue weighted by atomic mass is 16.2. The van der Waals surface area contributed by atoms with Gasteiger partial charge in [0.05, 0.1) is 17.0 Å². The smallest absolute Gasteiger partial charge is 0.255 e. The van der Waals surface area contributed by atoms with Gasteiger partial charge in [-0.25, -0.2) is 0 Å². The van der Waals surface area contributed by atoms with Crippen molar-refractivity contribution in [3.63, 3.8) is 0 Å². The number of carbonyl (C=O) groups excluding carboxylic acids is 1. The van der Waals surface area contributed by atoms with E-state index in [4.69, 9.17) is 0 Å². The summed E-state index contributed by atoms with van der Waals surface area (Å²) in [5.41, 5.74) is 2.25. The Morgan fingerprint density at radius 3 is 2.95 bits per heavy atom. The molecule has 1 fully saturated rings. The molecule has 0 radical (unpaired) electrons. The van der Waals surface area contributed by atoms with Gasteiger partial charge in [-0.15, -0.1) is 0 Å². The van der Waals surface area contributed by atoms with Crippen molar-refractivity contribution in [1.29, 1.82) is 0 Å². The van der Waals surface area contributed by atoms with E-state index in [0.717, 1.165) is 37.3 Å². The highest BCUT2D eigenvalue weighted by molar-refractivity contribution is 5.95. The lowest BCUT2D eigenvalue weighted by molar-refractivity contribution is 0.0782. The van der Waals surface area contributed by atoms with Crippen molar-refractivity contribution in [3.05, 3.63) is 23.0 Å². The average Bonchev–Trinajstić information content (AvgIpc) is 2.90. The first-order chi connectivity index (χ1) is 9.11. The normalized spacial score (nSPS) is 18.6. The molecule has 0 aliphatic carbocycles. The average molecular weight is 262 g/mol. The fourth-order valence-corrected chi connectivity index (χ4v) is 2.49. The molecule has 0 spiro atoms. The van der Waals surface area contributed by atoms with Crippen LogP contribution >= 0.6 is 0 Å². The summed E-state index contributed by atoms with van der Waals surface area (Å²) in [4.78, 5) is 14.3. The first kappa shape index (κ1) is 13.9. The second-order valence-corrected chi connectivity index (χ2v) is 5.18. The van der Waals surface area contributed by atoms with Crippen LogP contribution in [0.3, 0.4) is 0 Å². The van der Waals surface area contributed by atoms with Gasteiger partial charge >= 0.3 is 0 Å². The summed E-state index contributed by atoms with van der Waals surface area (Å²) in [5.74, 6) is 0.0450. The number of hydrogen-bond donors (Lipinski definition) is 1. The zero-order valence-corrected chi connectivity index (χ0v) is 11.9. The molecule has 2 rings (SSSR count). The molecule has 1 saturated heterocycles. The molecule has 0 bridgehead atoms. The number of rotatable bonds is 4. The highest BCUT2D eigenvalue weighted by Crippen LogP contribution is 2.12. The molecule has 1 atom stereocenters. The molecule has 1 amide bonds. The SMILES string of the molecule is CCc1nnc(C)cc1C(=O)N(C)CC1CCCN1. The van der Waals surface area contributed by atoms with Crippen LogP contribution in [-0.2, 0) is 6.42 Å². The first-order valence-electron chi connectivity index (χ1n) is 6.94. The minimum absolute atomic E-state index is 0.0450. The maximum absolute atomic E-state index is 12.5. The van der Waals surface area contributed by atoms with Crippen LogP contribution < -0.4 is 5.32 Å². The van der Waals surface area contributed by atoms with Crippen LogP contribution in [0.1, 0.15) is 41.5 Å². The number of aromatic nitrogens is 2. The Morgan fingerprint density at radius 2 is 2.32 bits per heavy atom. The van der Waals surface area contributed by atoms with Crippen molar-refractivity contribution >= 4 is 5.91 Å². The summed E-state index contributed by atoms with van der Waals surface area (Å²) in [6.45, 7) is 5.67. The van der Waals surface area contributed by atoms with Crippen molar-refractivity contribution in [2.75, 3.05) is 20.1 Å². The largest absolute Gasteiger partial charge is 0.340 e. The molecule has 2 heterocycles. The molecule has 1 unspecified atom stereocenters. The Labute approximate surface area is 114 Å². The number of hydrogen-bond acceptors (Lipinski definition) is 4. The summed E-state index contributed by atoms with van der Waals surface area (Å²) in [6, 6.07) is 2.27. The van der Waals surface area contributed by atoms with Gasteiger partial charge in [0.15, 0.2) is 0 Å². The molecule has 1 aromatic rings. The van der Waals surface area contributed by atoms with Gasteiger partial charge in [-0.3, -0.25) is 4.79 Å². The minimum atomic E-state index is 0.0450. The van der Waals surface area contributed by atoms with E-state index in [1.54, 1.807) is 4.90 Å². The minimum Gasteiger partial charge on any atom is -0.340 e. The van der Waals surface area contributed by atoms with E-state index < -0.39 is 0 Å². The Morgan fingerprint density at radius 1 is 1.53 bits per heavy atom. The van der Waals surface area contributed by atoms with Crippen LogP contribution in [0.15, 0.2) is 6.07 Å². The number of nitrogens with zero attached hydrogens (tertiary/aromatic N) is 3. The van der Waals surface area contributed by atoms with E-state index in [9.17, 15) is 4.79 Å². The Kier molecular flexibility index (Phi) is 4.47. The summed E-state index contributed by atoms with van der Waals surface area (Å²) in [7, 11) is 1.86. The van der Waals surface area contributed by atoms with Crippen molar-refractivity contribution in [1.82, 2.24) is 20.4 Å². The van der Waals surface area contributed by atoms with E-state index in [0.29, 0.717) is 11.6 Å². The van der Waals surface area contributed by atoms with Gasteiger partial charge in [-0.05, 0) is 38.8 Å². The van der Waals surface area contributed by atoms with Gasteiger partial charge in [-0.2, -0.15) is 10.2 Å². The van der Waals surface area contributed by atoms with Crippen LogP contribution in [0.4, 0.5) is 0 Å². The van der Waals surface area contributed by atoms with E-state index in [-0.39, 0.29) is 5.91 Å². The first-order valence-corrected chi connectivity index (χ1v) is 6.94. The molecule has 1 N–H and O–H groups in total. The molecule has 19 heavy (non-hydrogen) atoms. The second kappa shape index (κ2) is 6.10. The lowest BCUT2D eigenvalue weighted by Gasteiger charge is -2.22. The maximum atomic E-state index is 12.5. The molecule has 0 saturated carbocycles. The topological polar surface area (TPSA) is 58.1 Å². The van der Waals surface area contributed by atoms with Crippen LogP contribution in [0, 0.1) is 6.92 Å². The zero-order chi connectivity index (χ0) is 13.8. The fraction of sp³-hybridized carbons (Fsp3) is 0.643. The Balaban J connectivity index is 2.11. The molecule has 5 heteroatoms. The van der Waals surface area contributed by atoms with Gasteiger partial charge in [0.25, 0.3) is 5.91 Å². The zero-order valence-electron chi connectivity index (χ0n) is 11.9. The van der Waals surface area contributed by atoms with Gasteiger partial charge in [0, 0.05) is 19.6 Å². The molecule has 1 aliphatic rings. The molecular formula is C14H22N4O. The quantitative estimate of drug-likeness (QED) is 0.885. The Bertz CT molecular complexity index is 455. The third kappa shape index (κ3) is 3.29. The van der Waals surface area contributed by atoms with E-state index in [1.165, 1.54) is 6.42 Å². The summed E-state index contributed by atoms with van der Waals surface area (Å²) in [5, 5.41) is 11.6. The predicted molar refractivity (Wildman–Crippen MR) is 74.1 cm³/mol. The molecule has 0 aromatic carbocycles. The highest BCUT2D eigenvalue weighted by Gasteiger charge is 2.21. The number of amides is 1. The summed E-state index contributed by atoms with van der Waals surface area (Å²) in [6.07, 6.45) is 3.07. The maximum Gasteiger partial charge on any atom is 0.255 e. The van der Waals surface area contributed by atoms with Crippen LogP contribution in [0.2, 0.25) is 0 Å². The molecular weight excluding hydrogens is 240 g/mol. The number of likely N-dealkylation sites (N-methyl/N-ethyl adjacent to an activating group) is 1. The molecule has 1 aromatic heterocycles. The lowest BCUT2D eigenvalue weighted by Crippen LogP contribution is -2.39. The van der Waals surface area contributed by atoms with Crippen LogP contribution in [0.25, 0.3) is 0 Å². The number of nitrogens with one attached hydrogen (secondary N) is 1. The van der Waals surface area contributed by atoms with E-state index in [1.807, 2.05) is 27.0 Å². The molecule has 104 valence electrons. The summed E-state index contributed by atoms with van der Waals surface area (Å²) < 4.78 is 0. The standard InChI is InChI=1S/C14H22N4O/c1-4-13-12(8-10(2)16-17-13)14(19)18(3)9-11-6-5-7-15-11/h8,11,15H,4-7,9H2,1-3H3. The van der Waals surface area contributed by atoms with Crippen LogP contribution in [-0.4, -0.2) is 47.2 Å². The predicted octanol–water partition coefficient (Wildman–Crippen LogP) is 1.17. The van der Waals surface area contributed by atoms with Gasteiger partial charge in [0.2, 0.25) is 0 Å². The lowest BCUT2D eigenvalue weighted by atomic mass is 10.1. The third-order valence-corrected chi connectivity index (χ3v) is 3.56. The van der Waals surface area contributed by atoms with E-state index >= 15 is 0 Å². The van der Waals surface area contributed by atoms with Gasteiger partial charge < -0.3 is 10.2 Å². The van der Waals surface area contributed by atoms with Crippen LogP contribution in [0.5, 0.6) is 0 Å². The third-order valence-electron chi connectivity index (χ3n) is 3.56. The fourth-order valence-electron chi connectivity index (χ4n) is 2.49. The monoisotopic (exact) mass is 262 g/mol. The van der Waals surface area contributed by atoms with Gasteiger partial charge in [-0.1, -0.05) is 6.92 Å². The second-order valence-electron chi connectivity index (χ2n) is 5.18. The van der Waals surface area contributed by atoms with Crippen molar-refractivity contribution < 1.29 is 4.79 Å². The van der Waals surface area contributed by atoms with E-state index in [2.05, 4.69) is 15.5 Å². The number of carbonyl (C=O) groups is 1. The summed E-state index contributed by atoms with van der Waals surface area (Å²) >= 11 is 0. The molecule has 1 aliphatic heterocycles.